The predicted octanol–water partition coefficient (Wildman–Crippen LogP) is 5.58. The third-order valence-electron chi connectivity index (χ3n) is 3.26. The van der Waals surface area contributed by atoms with Crippen molar-refractivity contribution < 1.29 is 4.79 Å². The molecule has 1 heterocycles. The van der Waals surface area contributed by atoms with Gasteiger partial charge in [0.1, 0.15) is 5.01 Å². The number of rotatable bonds is 6. The number of carbonyl (C=O) groups excluding carboxylic acids is 1. The van der Waals surface area contributed by atoms with Crippen LogP contribution in [0.4, 0.5) is 5.69 Å². The van der Waals surface area contributed by atoms with Gasteiger partial charge in [0.15, 0.2) is 0 Å². The van der Waals surface area contributed by atoms with Crippen LogP contribution in [0.1, 0.15) is 6.42 Å². The maximum absolute atomic E-state index is 12.0. The lowest BCUT2D eigenvalue weighted by Crippen LogP contribution is -2.12. The lowest BCUT2D eigenvalue weighted by molar-refractivity contribution is -0.115. The van der Waals surface area contributed by atoms with Crippen LogP contribution in [0.15, 0.2) is 65.0 Å². The lowest BCUT2D eigenvalue weighted by Gasteiger charge is -2.06. The van der Waals surface area contributed by atoms with Crippen molar-refractivity contribution >= 4 is 46.3 Å². The van der Waals surface area contributed by atoms with Crippen LogP contribution in [0.2, 0.25) is 5.02 Å². The minimum Gasteiger partial charge on any atom is -0.326 e. The van der Waals surface area contributed by atoms with Crippen molar-refractivity contribution in [2.75, 3.05) is 11.1 Å². The monoisotopic (exact) mass is 374 g/mol. The molecule has 3 aromatic rings. The van der Waals surface area contributed by atoms with Gasteiger partial charge in [0.25, 0.3) is 0 Å². The number of thioether (sulfide) groups is 1. The van der Waals surface area contributed by atoms with Gasteiger partial charge in [-0.3, -0.25) is 4.79 Å². The number of hydrogen-bond acceptors (Lipinski definition) is 4. The fraction of sp³-hybridized carbons (Fsp3) is 0.111. The Balaban J connectivity index is 1.47. The first-order valence-electron chi connectivity index (χ1n) is 7.39. The number of benzene rings is 2. The molecule has 0 saturated carbocycles. The highest BCUT2D eigenvalue weighted by molar-refractivity contribution is 7.99. The smallest absolute Gasteiger partial charge is 0.225 e. The van der Waals surface area contributed by atoms with E-state index in [1.807, 2.05) is 53.9 Å². The Bertz CT molecular complexity index is 787. The maximum atomic E-state index is 12.0. The fourth-order valence-corrected chi connectivity index (χ4v) is 3.70. The highest BCUT2D eigenvalue weighted by atomic mass is 35.5. The molecule has 2 aromatic carbocycles. The lowest BCUT2D eigenvalue weighted by atomic mass is 10.2. The molecule has 0 unspecified atom stereocenters. The highest BCUT2D eigenvalue weighted by Crippen LogP contribution is 2.24. The van der Waals surface area contributed by atoms with Crippen molar-refractivity contribution in [2.24, 2.45) is 0 Å². The molecule has 1 aromatic heterocycles. The second-order valence-electron chi connectivity index (χ2n) is 5.02. The molecule has 1 amide bonds. The summed E-state index contributed by atoms with van der Waals surface area (Å²) in [6.07, 6.45) is 2.25. The number of aromatic nitrogens is 1. The number of nitrogens with one attached hydrogen (secondary N) is 1. The Hall–Kier alpha value is -1.82. The number of anilines is 1. The molecule has 0 atom stereocenters. The maximum Gasteiger partial charge on any atom is 0.225 e. The minimum atomic E-state index is 0.0125. The van der Waals surface area contributed by atoms with Gasteiger partial charge in [0.05, 0.1) is 0 Å². The highest BCUT2D eigenvalue weighted by Gasteiger charge is 2.05. The summed E-state index contributed by atoms with van der Waals surface area (Å²) < 4.78 is 0. The summed E-state index contributed by atoms with van der Waals surface area (Å²) in [5.74, 6) is 0.739. The molecule has 0 spiro atoms. The normalized spacial score (nSPS) is 10.5. The van der Waals surface area contributed by atoms with E-state index < -0.39 is 0 Å². The summed E-state index contributed by atoms with van der Waals surface area (Å²) in [5.41, 5.74) is 1.86. The van der Waals surface area contributed by atoms with Gasteiger partial charge in [-0.1, -0.05) is 11.6 Å². The minimum absolute atomic E-state index is 0.0125. The molecule has 0 radical (unpaired) electrons. The van der Waals surface area contributed by atoms with Gasteiger partial charge >= 0.3 is 0 Å². The van der Waals surface area contributed by atoms with Gasteiger partial charge in [-0.2, -0.15) is 0 Å². The molecule has 24 heavy (non-hydrogen) atoms. The van der Waals surface area contributed by atoms with Crippen LogP contribution >= 0.6 is 34.7 Å². The van der Waals surface area contributed by atoms with Crippen molar-refractivity contribution in [2.45, 2.75) is 11.3 Å². The summed E-state index contributed by atoms with van der Waals surface area (Å²) in [6, 6.07) is 15.4. The molecule has 0 saturated heterocycles. The number of halogens is 1. The standard InChI is InChI=1S/C18H15ClN2OS2/c19-14-3-7-16(8-4-14)23-11-9-17(22)21-15-5-1-13(2-6-15)18-20-10-12-24-18/h1-8,10,12H,9,11H2,(H,21,22). The predicted molar refractivity (Wildman–Crippen MR) is 103 cm³/mol. The summed E-state index contributed by atoms with van der Waals surface area (Å²) in [7, 11) is 0. The largest absolute Gasteiger partial charge is 0.326 e. The number of carbonyl (C=O) groups is 1. The average Bonchev–Trinajstić information content (AvgIpc) is 3.12. The van der Waals surface area contributed by atoms with Crippen LogP contribution in [0, 0.1) is 0 Å². The first-order valence-corrected chi connectivity index (χ1v) is 9.63. The molecule has 0 aliphatic heterocycles. The SMILES string of the molecule is O=C(CCSc1ccc(Cl)cc1)Nc1ccc(-c2nccs2)cc1. The van der Waals surface area contributed by atoms with Crippen molar-refractivity contribution in [1.29, 1.82) is 0 Å². The van der Waals surface area contributed by atoms with Crippen LogP contribution in [0.5, 0.6) is 0 Å². The molecule has 0 bridgehead atoms. The second kappa shape index (κ2) is 8.33. The Kier molecular flexibility index (Phi) is 5.91. The molecule has 122 valence electrons. The molecule has 1 N–H and O–H groups in total. The number of amides is 1. The molecule has 0 aliphatic carbocycles. The number of hydrogen-bond donors (Lipinski definition) is 1. The summed E-state index contributed by atoms with van der Waals surface area (Å²) >= 11 is 9.09. The van der Waals surface area contributed by atoms with E-state index in [0.717, 1.165) is 31.9 Å². The van der Waals surface area contributed by atoms with Crippen molar-refractivity contribution in [3.63, 3.8) is 0 Å². The number of thiazole rings is 1. The number of nitrogens with zero attached hydrogens (tertiary/aromatic N) is 1. The molecule has 0 aliphatic rings. The third kappa shape index (κ3) is 4.84. The van der Waals surface area contributed by atoms with E-state index in [2.05, 4.69) is 10.3 Å². The zero-order valence-corrected chi connectivity index (χ0v) is 15.1. The summed E-state index contributed by atoms with van der Waals surface area (Å²) in [5, 5.41) is 6.57. The van der Waals surface area contributed by atoms with E-state index in [1.54, 1.807) is 29.3 Å². The first kappa shape index (κ1) is 17.0. The van der Waals surface area contributed by atoms with Crippen LogP contribution in [0.3, 0.4) is 0 Å². The molecular formula is C18H15ClN2OS2. The first-order chi connectivity index (χ1) is 11.7. The fourth-order valence-electron chi connectivity index (χ4n) is 2.08. The van der Waals surface area contributed by atoms with E-state index in [1.165, 1.54) is 0 Å². The Morgan fingerprint density at radius 2 is 1.88 bits per heavy atom. The van der Waals surface area contributed by atoms with E-state index in [-0.39, 0.29) is 5.91 Å². The van der Waals surface area contributed by atoms with Crippen LogP contribution < -0.4 is 5.32 Å². The Morgan fingerprint density at radius 1 is 1.12 bits per heavy atom. The van der Waals surface area contributed by atoms with Crippen LogP contribution in [-0.2, 0) is 4.79 Å². The zero-order valence-electron chi connectivity index (χ0n) is 12.7. The van der Waals surface area contributed by atoms with Gasteiger partial charge in [-0.25, -0.2) is 4.98 Å². The van der Waals surface area contributed by atoms with E-state index in [0.29, 0.717) is 6.42 Å². The van der Waals surface area contributed by atoms with Gasteiger partial charge in [0.2, 0.25) is 5.91 Å². The Labute approximate surface area is 154 Å². The van der Waals surface area contributed by atoms with E-state index in [9.17, 15) is 4.79 Å². The van der Waals surface area contributed by atoms with Crippen LogP contribution in [0.25, 0.3) is 10.6 Å². The molecule has 6 heteroatoms. The van der Waals surface area contributed by atoms with Crippen molar-refractivity contribution in [3.8, 4) is 10.6 Å². The van der Waals surface area contributed by atoms with Gasteiger partial charge in [-0.05, 0) is 48.5 Å². The van der Waals surface area contributed by atoms with Crippen LogP contribution in [-0.4, -0.2) is 16.6 Å². The van der Waals surface area contributed by atoms with Crippen molar-refractivity contribution in [3.05, 3.63) is 65.1 Å². The average molecular weight is 375 g/mol. The van der Waals surface area contributed by atoms with Gasteiger partial charge < -0.3 is 5.32 Å². The third-order valence-corrected chi connectivity index (χ3v) is 5.35. The van der Waals surface area contributed by atoms with Gasteiger partial charge in [0, 0.05) is 44.9 Å². The Morgan fingerprint density at radius 3 is 2.54 bits per heavy atom. The summed E-state index contributed by atoms with van der Waals surface area (Å²) in [4.78, 5) is 17.4. The molecule has 0 fully saturated rings. The molecule has 3 rings (SSSR count). The second-order valence-corrected chi connectivity index (χ2v) is 7.51. The molecular weight excluding hydrogens is 360 g/mol. The summed E-state index contributed by atoms with van der Waals surface area (Å²) in [6.45, 7) is 0. The van der Waals surface area contributed by atoms with E-state index in [4.69, 9.17) is 11.6 Å². The zero-order chi connectivity index (χ0) is 16.8. The quantitative estimate of drug-likeness (QED) is 0.572. The topological polar surface area (TPSA) is 42.0 Å². The molecule has 3 nitrogen and oxygen atoms in total. The van der Waals surface area contributed by atoms with Gasteiger partial charge in [-0.15, -0.1) is 23.1 Å². The van der Waals surface area contributed by atoms with E-state index >= 15 is 0 Å². The van der Waals surface area contributed by atoms with Crippen molar-refractivity contribution in [1.82, 2.24) is 4.98 Å².